The van der Waals surface area contributed by atoms with Gasteiger partial charge >= 0.3 is 10.1 Å². The molecule has 0 spiro atoms. The molecular formula is C14H11ClN2O3S. The van der Waals surface area contributed by atoms with Gasteiger partial charge in [0.05, 0.1) is 17.6 Å². The van der Waals surface area contributed by atoms with Crippen molar-refractivity contribution in [1.82, 2.24) is 9.55 Å². The summed E-state index contributed by atoms with van der Waals surface area (Å²) in [7, 11) is -4.42. The van der Waals surface area contributed by atoms with Crippen molar-refractivity contribution >= 4 is 32.8 Å². The summed E-state index contributed by atoms with van der Waals surface area (Å²) in [6.07, 6.45) is 0. The second-order valence-corrected chi connectivity index (χ2v) is 6.26. The number of hydrogen-bond donors (Lipinski definition) is 1. The van der Waals surface area contributed by atoms with E-state index in [4.69, 9.17) is 11.6 Å². The lowest BCUT2D eigenvalue weighted by Crippen LogP contribution is -2.11. The van der Waals surface area contributed by atoms with E-state index in [1.54, 1.807) is 42.5 Å². The Balaban J connectivity index is 2.23. The van der Waals surface area contributed by atoms with Crippen molar-refractivity contribution in [2.75, 3.05) is 0 Å². The van der Waals surface area contributed by atoms with E-state index < -0.39 is 10.1 Å². The zero-order valence-corrected chi connectivity index (χ0v) is 12.3. The zero-order valence-electron chi connectivity index (χ0n) is 10.8. The Bertz CT molecular complexity index is 919. The molecule has 0 aliphatic carbocycles. The van der Waals surface area contributed by atoms with Crippen LogP contribution >= 0.6 is 11.6 Å². The number of halogens is 1. The van der Waals surface area contributed by atoms with Gasteiger partial charge in [0.1, 0.15) is 0 Å². The molecule has 0 saturated heterocycles. The molecule has 1 heterocycles. The highest BCUT2D eigenvalue weighted by Crippen LogP contribution is 2.23. The Labute approximate surface area is 126 Å². The molecule has 0 amide bonds. The first-order chi connectivity index (χ1) is 9.97. The highest BCUT2D eigenvalue weighted by Gasteiger charge is 2.21. The van der Waals surface area contributed by atoms with Gasteiger partial charge in [-0.15, -0.1) is 0 Å². The molecule has 0 saturated carbocycles. The molecule has 21 heavy (non-hydrogen) atoms. The minimum atomic E-state index is -4.42. The quantitative estimate of drug-likeness (QED) is 0.752. The van der Waals surface area contributed by atoms with Gasteiger partial charge in [0, 0.05) is 5.02 Å². The van der Waals surface area contributed by atoms with Crippen LogP contribution in [0.1, 0.15) is 5.56 Å². The first kappa shape index (κ1) is 14.1. The minimum Gasteiger partial charge on any atom is -0.308 e. The van der Waals surface area contributed by atoms with Crippen molar-refractivity contribution in [2.45, 2.75) is 11.7 Å². The van der Waals surface area contributed by atoms with Gasteiger partial charge in [-0.1, -0.05) is 41.9 Å². The number of benzene rings is 2. The summed E-state index contributed by atoms with van der Waals surface area (Å²) in [5.74, 6) is 0. The summed E-state index contributed by atoms with van der Waals surface area (Å²) in [6, 6.07) is 14.1. The van der Waals surface area contributed by atoms with Gasteiger partial charge in [0.2, 0.25) is 0 Å². The lowest BCUT2D eigenvalue weighted by Gasteiger charge is -2.09. The lowest BCUT2D eigenvalue weighted by atomic mass is 10.2. The summed E-state index contributed by atoms with van der Waals surface area (Å²) >= 11 is 6.11. The third-order valence-corrected chi connectivity index (χ3v) is 4.28. The summed E-state index contributed by atoms with van der Waals surface area (Å²) in [6.45, 7) is 0.204. The van der Waals surface area contributed by atoms with Gasteiger partial charge < -0.3 is 4.57 Å². The van der Waals surface area contributed by atoms with E-state index in [2.05, 4.69) is 4.98 Å². The number of imidazole rings is 1. The Morgan fingerprint density at radius 2 is 1.76 bits per heavy atom. The van der Waals surface area contributed by atoms with Crippen molar-refractivity contribution in [1.29, 1.82) is 0 Å². The fourth-order valence-corrected chi connectivity index (χ4v) is 3.05. The topological polar surface area (TPSA) is 72.2 Å². The zero-order chi connectivity index (χ0) is 15.0. The molecule has 0 atom stereocenters. The summed E-state index contributed by atoms with van der Waals surface area (Å²) in [5, 5.41) is 0.139. The van der Waals surface area contributed by atoms with Crippen LogP contribution in [-0.4, -0.2) is 22.5 Å². The molecule has 0 fully saturated rings. The fraction of sp³-hybridized carbons (Fsp3) is 0.0714. The molecule has 3 rings (SSSR count). The smallest absolute Gasteiger partial charge is 0.308 e. The third-order valence-electron chi connectivity index (χ3n) is 3.14. The molecule has 0 aliphatic rings. The first-order valence-corrected chi connectivity index (χ1v) is 7.95. The van der Waals surface area contributed by atoms with E-state index in [1.807, 2.05) is 6.07 Å². The number of para-hydroxylation sites is 2. The van der Waals surface area contributed by atoms with Crippen LogP contribution in [0, 0.1) is 0 Å². The molecule has 5 nitrogen and oxygen atoms in total. The van der Waals surface area contributed by atoms with E-state index in [0.29, 0.717) is 16.1 Å². The van der Waals surface area contributed by atoms with Crippen molar-refractivity contribution in [3.05, 3.63) is 59.1 Å². The standard InChI is InChI=1S/C14H11ClN2O3S/c15-11-6-2-1-5-10(11)9-17-13-8-4-3-7-12(13)16-14(17)21(18,19)20/h1-8H,9H2,(H,18,19,20). The van der Waals surface area contributed by atoms with Crippen LogP contribution in [0.4, 0.5) is 0 Å². The van der Waals surface area contributed by atoms with Crippen molar-refractivity contribution in [2.24, 2.45) is 0 Å². The maximum atomic E-state index is 11.5. The van der Waals surface area contributed by atoms with Gasteiger partial charge in [-0.3, -0.25) is 4.55 Å². The summed E-state index contributed by atoms with van der Waals surface area (Å²) in [5.41, 5.74) is 1.86. The number of nitrogens with zero attached hydrogens (tertiary/aromatic N) is 2. The van der Waals surface area contributed by atoms with Gasteiger partial charge in [0.15, 0.2) is 0 Å². The number of rotatable bonds is 3. The predicted octanol–water partition coefficient (Wildman–Crippen LogP) is 2.98. The lowest BCUT2D eigenvalue weighted by molar-refractivity contribution is 0.467. The number of hydrogen-bond acceptors (Lipinski definition) is 3. The van der Waals surface area contributed by atoms with E-state index in [9.17, 15) is 13.0 Å². The van der Waals surface area contributed by atoms with E-state index in [0.717, 1.165) is 5.56 Å². The molecule has 0 unspecified atom stereocenters. The number of fused-ring (bicyclic) bond motifs is 1. The Hall–Kier alpha value is -1.89. The highest BCUT2D eigenvalue weighted by atomic mass is 35.5. The van der Waals surface area contributed by atoms with Gasteiger partial charge in [-0.05, 0) is 23.8 Å². The van der Waals surface area contributed by atoms with Crippen LogP contribution < -0.4 is 0 Å². The van der Waals surface area contributed by atoms with Gasteiger partial charge in [-0.2, -0.15) is 8.42 Å². The molecule has 7 heteroatoms. The molecule has 1 N–H and O–H groups in total. The van der Waals surface area contributed by atoms with Crippen LogP contribution in [0.5, 0.6) is 0 Å². The fourth-order valence-electron chi connectivity index (χ4n) is 2.20. The molecule has 0 aliphatic heterocycles. The number of aromatic nitrogens is 2. The van der Waals surface area contributed by atoms with Crippen LogP contribution in [0.15, 0.2) is 53.7 Å². The van der Waals surface area contributed by atoms with E-state index in [-0.39, 0.29) is 11.7 Å². The maximum Gasteiger partial charge on any atom is 0.328 e. The second-order valence-electron chi connectivity index (χ2n) is 4.54. The molecule has 0 radical (unpaired) electrons. The molecular weight excluding hydrogens is 312 g/mol. The molecule has 108 valence electrons. The largest absolute Gasteiger partial charge is 0.328 e. The highest BCUT2D eigenvalue weighted by molar-refractivity contribution is 7.85. The SMILES string of the molecule is O=S(=O)(O)c1nc2ccccc2n1Cc1ccccc1Cl. The van der Waals surface area contributed by atoms with Crippen LogP contribution in [0.2, 0.25) is 5.02 Å². The Kier molecular flexibility index (Phi) is 3.44. The average Bonchev–Trinajstić information content (AvgIpc) is 2.80. The summed E-state index contributed by atoms with van der Waals surface area (Å²) < 4.78 is 33.9. The molecule has 0 bridgehead atoms. The van der Waals surface area contributed by atoms with Crippen molar-refractivity contribution in [3.8, 4) is 0 Å². The van der Waals surface area contributed by atoms with Crippen LogP contribution in [0.25, 0.3) is 11.0 Å². The first-order valence-electron chi connectivity index (χ1n) is 6.13. The predicted molar refractivity (Wildman–Crippen MR) is 80.1 cm³/mol. The van der Waals surface area contributed by atoms with Crippen molar-refractivity contribution in [3.63, 3.8) is 0 Å². The average molecular weight is 323 g/mol. The van der Waals surface area contributed by atoms with E-state index >= 15 is 0 Å². The third kappa shape index (κ3) is 2.65. The monoisotopic (exact) mass is 322 g/mol. The molecule has 3 aromatic rings. The maximum absolute atomic E-state index is 11.5. The second kappa shape index (κ2) is 5.14. The van der Waals surface area contributed by atoms with Crippen LogP contribution in [-0.2, 0) is 16.7 Å². The van der Waals surface area contributed by atoms with Crippen molar-refractivity contribution < 1.29 is 13.0 Å². The van der Waals surface area contributed by atoms with E-state index in [1.165, 1.54) is 4.57 Å². The minimum absolute atomic E-state index is 0.204. The van der Waals surface area contributed by atoms with Gasteiger partial charge in [0.25, 0.3) is 5.16 Å². The Morgan fingerprint density at radius 3 is 2.48 bits per heavy atom. The summed E-state index contributed by atoms with van der Waals surface area (Å²) in [4.78, 5) is 3.99. The molecule has 1 aromatic heterocycles. The van der Waals surface area contributed by atoms with Gasteiger partial charge in [-0.25, -0.2) is 4.98 Å². The molecule has 2 aromatic carbocycles. The Morgan fingerprint density at radius 1 is 1.10 bits per heavy atom. The normalized spacial score (nSPS) is 11.9. The van der Waals surface area contributed by atoms with Crippen LogP contribution in [0.3, 0.4) is 0 Å².